The number of likely N-dealkylation sites (tertiary alicyclic amines) is 1. The molecule has 1 saturated heterocycles. The van der Waals surface area contributed by atoms with Crippen LogP contribution in [0.15, 0.2) is 34.8 Å². The lowest BCUT2D eigenvalue weighted by atomic mass is 10.1. The molecule has 0 bridgehead atoms. The maximum absolute atomic E-state index is 6.25. The van der Waals surface area contributed by atoms with Crippen LogP contribution in [0, 0.1) is 0 Å². The topological polar surface area (TPSA) is 33.7 Å². The van der Waals surface area contributed by atoms with Crippen LogP contribution in [0.2, 0.25) is 10.0 Å². The Morgan fingerprint density at radius 2 is 2.00 bits per heavy atom. The van der Waals surface area contributed by atoms with Crippen LogP contribution < -0.4 is 14.8 Å². The summed E-state index contributed by atoms with van der Waals surface area (Å²) < 4.78 is 12.4. The van der Waals surface area contributed by atoms with E-state index in [0.29, 0.717) is 27.6 Å². The van der Waals surface area contributed by atoms with Crippen molar-refractivity contribution in [1.29, 1.82) is 0 Å². The molecule has 1 heterocycles. The molecule has 0 radical (unpaired) electrons. The molecule has 29 heavy (non-hydrogen) atoms. The SMILES string of the molecule is CCN1CCC[C@H]1CNCc1cc(Br)c(OCc2c(Cl)cccc2Cl)c(OC)c1. The highest BCUT2D eigenvalue weighted by molar-refractivity contribution is 9.10. The Morgan fingerprint density at radius 1 is 1.24 bits per heavy atom. The van der Waals surface area contributed by atoms with Gasteiger partial charge in [-0.3, -0.25) is 4.90 Å². The molecule has 1 aliphatic rings. The molecule has 4 nitrogen and oxygen atoms in total. The number of nitrogens with zero attached hydrogens (tertiary/aromatic N) is 1. The van der Waals surface area contributed by atoms with Crippen molar-refractivity contribution >= 4 is 39.1 Å². The lowest BCUT2D eigenvalue weighted by Gasteiger charge is -2.23. The van der Waals surface area contributed by atoms with E-state index >= 15 is 0 Å². The summed E-state index contributed by atoms with van der Waals surface area (Å²) in [5, 5.41) is 4.75. The van der Waals surface area contributed by atoms with Gasteiger partial charge in [-0.1, -0.05) is 36.2 Å². The predicted octanol–water partition coefficient (Wildman–Crippen LogP) is 5.92. The first-order valence-corrected chi connectivity index (χ1v) is 11.4. The third kappa shape index (κ3) is 5.80. The number of hydrogen-bond donors (Lipinski definition) is 1. The molecule has 0 amide bonds. The summed E-state index contributed by atoms with van der Waals surface area (Å²) in [6.45, 7) is 6.60. The molecule has 0 spiro atoms. The first-order chi connectivity index (χ1) is 14.0. The van der Waals surface area contributed by atoms with Crippen molar-refractivity contribution in [3.8, 4) is 11.5 Å². The van der Waals surface area contributed by atoms with Crippen LogP contribution in [0.4, 0.5) is 0 Å². The largest absolute Gasteiger partial charge is 0.493 e. The number of rotatable bonds is 9. The summed E-state index contributed by atoms with van der Waals surface area (Å²) in [6, 6.07) is 10.1. The maximum Gasteiger partial charge on any atom is 0.175 e. The lowest BCUT2D eigenvalue weighted by Crippen LogP contribution is -2.37. The molecule has 0 unspecified atom stereocenters. The van der Waals surface area contributed by atoms with Crippen LogP contribution >= 0.6 is 39.1 Å². The van der Waals surface area contributed by atoms with E-state index in [1.54, 1.807) is 19.2 Å². The highest BCUT2D eigenvalue weighted by Crippen LogP contribution is 2.38. The Hall–Kier alpha value is -0.980. The molecular weight excluding hydrogens is 475 g/mol. The lowest BCUT2D eigenvalue weighted by molar-refractivity contribution is 0.259. The minimum Gasteiger partial charge on any atom is -0.493 e. The maximum atomic E-state index is 6.25. The first kappa shape index (κ1) is 22.7. The summed E-state index contributed by atoms with van der Waals surface area (Å²) in [6.07, 6.45) is 2.56. The quantitative estimate of drug-likeness (QED) is 0.462. The average Bonchev–Trinajstić information content (AvgIpc) is 3.16. The van der Waals surface area contributed by atoms with E-state index in [4.69, 9.17) is 32.7 Å². The van der Waals surface area contributed by atoms with Gasteiger partial charge in [-0.2, -0.15) is 0 Å². The van der Waals surface area contributed by atoms with E-state index in [-0.39, 0.29) is 6.61 Å². The molecular formula is C22H27BrCl2N2O2. The highest BCUT2D eigenvalue weighted by Gasteiger charge is 2.22. The second kappa shape index (κ2) is 10.9. The van der Waals surface area contributed by atoms with Gasteiger partial charge in [0.25, 0.3) is 0 Å². The molecule has 3 rings (SSSR count). The smallest absolute Gasteiger partial charge is 0.175 e. The van der Waals surface area contributed by atoms with Crippen LogP contribution in [0.3, 0.4) is 0 Å². The summed E-state index contributed by atoms with van der Waals surface area (Å²) in [5.41, 5.74) is 1.89. The van der Waals surface area contributed by atoms with Gasteiger partial charge in [0.15, 0.2) is 11.5 Å². The van der Waals surface area contributed by atoms with Crippen molar-refractivity contribution in [2.75, 3.05) is 26.7 Å². The van der Waals surface area contributed by atoms with E-state index in [1.165, 1.54) is 19.4 Å². The fourth-order valence-electron chi connectivity index (χ4n) is 3.76. The molecule has 158 valence electrons. The number of hydrogen-bond acceptors (Lipinski definition) is 4. The van der Waals surface area contributed by atoms with E-state index in [0.717, 1.165) is 35.2 Å². The second-order valence-electron chi connectivity index (χ2n) is 7.15. The second-order valence-corrected chi connectivity index (χ2v) is 8.82. The number of ether oxygens (including phenoxy) is 2. The van der Waals surface area contributed by atoms with Crippen molar-refractivity contribution in [3.63, 3.8) is 0 Å². The first-order valence-electron chi connectivity index (χ1n) is 9.90. The van der Waals surface area contributed by atoms with Crippen LogP contribution in [0.25, 0.3) is 0 Å². The Bertz CT molecular complexity index is 814. The zero-order valence-corrected chi connectivity index (χ0v) is 19.9. The van der Waals surface area contributed by atoms with Gasteiger partial charge in [0.1, 0.15) is 6.61 Å². The zero-order chi connectivity index (χ0) is 20.8. The third-order valence-electron chi connectivity index (χ3n) is 5.33. The van der Waals surface area contributed by atoms with Gasteiger partial charge >= 0.3 is 0 Å². The van der Waals surface area contributed by atoms with Gasteiger partial charge in [0.05, 0.1) is 11.6 Å². The highest BCUT2D eigenvalue weighted by atomic mass is 79.9. The molecule has 1 fully saturated rings. The van der Waals surface area contributed by atoms with Crippen LogP contribution in [-0.4, -0.2) is 37.7 Å². The molecule has 1 aliphatic heterocycles. The molecule has 0 saturated carbocycles. The van der Waals surface area contributed by atoms with E-state index in [2.05, 4.69) is 39.1 Å². The number of nitrogens with one attached hydrogen (secondary N) is 1. The van der Waals surface area contributed by atoms with Gasteiger partial charge in [-0.05, 0) is 71.7 Å². The predicted molar refractivity (Wildman–Crippen MR) is 123 cm³/mol. The van der Waals surface area contributed by atoms with Crippen LogP contribution in [0.1, 0.15) is 30.9 Å². The molecule has 2 aromatic carbocycles. The Morgan fingerprint density at radius 3 is 2.69 bits per heavy atom. The summed E-state index contributed by atoms with van der Waals surface area (Å²) in [4.78, 5) is 2.54. The van der Waals surface area contributed by atoms with Gasteiger partial charge in [-0.15, -0.1) is 0 Å². The van der Waals surface area contributed by atoms with Crippen LogP contribution in [-0.2, 0) is 13.2 Å². The number of halogens is 3. The van der Waals surface area contributed by atoms with Gasteiger partial charge in [0, 0.05) is 34.7 Å². The molecule has 0 aliphatic carbocycles. The average molecular weight is 502 g/mol. The van der Waals surface area contributed by atoms with Crippen molar-refractivity contribution in [2.24, 2.45) is 0 Å². The van der Waals surface area contributed by atoms with Gasteiger partial charge in [-0.25, -0.2) is 0 Å². The summed E-state index contributed by atoms with van der Waals surface area (Å²) >= 11 is 16.1. The van der Waals surface area contributed by atoms with Crippen molar-refractivity contribution in [2.45, 2.75) is 39.0 Å². The molecule has 1 N–H and O–H groups in total. The number of methoxy groups -OCH3 is 1. The van der Waals surface area contributed by atoms with E-state index in [1.807, 2.05) is 12.1 Å². The Labute approximate surface area is 191 Å². The van der Waals surface area contributed by atoms with Gasteiger partial charge in [0.2, 0.25) is 0 Å². The Balaban J connectivity index is 1.64. The summed E-state index contributed by atoms with van der Waals surface area (Å²) in [7, 11) is 1.64. The molecule has 2 aromatic rings. The summed E-state index contributed by atoms with van der Waals surface area (Å²) in [5.74, 6) is 1.32. The minimum absolute atomic E-state index is 0.263. The van der Waals surface area contributed by atoms with Crippen molar-refractivity contribution in [1.82, 2.24) is 10.2 Å². The van der Waals surface area contributed by atoms with Crippen LogP contribution in [0.5, 0.6) is 11.5 Å². The van der Waals surface area contributed by atoms with Gasteiger partial charge < -0.3 is 14.8 Å². The normalized spacial score (nSPS) is 16.9. The molecule has 1 atom stereocenters. The van der Waals surface area contributed by atoms with Crippen molar-refractivity contribution in [3.05, 3.63) is 56.0 Å². The number of benzene rings is 2. The third-order valence-corrected chi connectivity index (χ3v) is 6.62. The van der Waals surface area contributed by atoms with Crippen molar-refractivity contribution < 1.29 is 9.47 Å². The standard InChI is InChI=1S/C22H27BrCl2N2O2/c1-3-27-9-5-6-16(27)13-26-12-15-10-18(23)22(21(11-15)28-2)29-14-17-19(24)7-4-8-20(17)25/h4,7-8,10-11,16,26H,3,5-6,9,12-14H2,1-2H3/t16-/m0/s1. The monoisotopic (exact) mass is 500 g/mol. The molecule has 0 aromatic heterocycles. The minimum atomic E-state index is 0.263. The van der Waals surface area contributed by atoms with E-state index < -0.39 is 0 Å². The Kier molecular flexibility index (Phi) is 8.51. The fraction of sp³-hybridized carbons (Fsp3) is 0.455. The fourth-order valence-corrected chi connectivity index (χ4v) is 4.87. The molecule has 7 heteroatoms. The number of likely N-dealkylation sites (N-methyl/N-ethyl adjacent to an activating group) is 1. The zero-order valence-electron chi connectivity index (χ0n) is 16.8. The van der Waals surface area contributed by atoms with E-state index in [9.17, 15) is 0 Å².